The van der Waals surface area contributed by atoms with Crippen molar-refractivity contribution in [3.8, 4) is 5.75 Å². The normalized spacial score (nSPS) is 19.7. The third kappa shape index (κ3) is 5.76. The molecule has 2 aliphatic heterocycles. The van der Waals surface area contributed by atoms with Crippen LogP contribution >= 0.6 is 0 Å². The highest BCUT2D eigenvalue weighted by atomic mass is 16.6. The van der Waals surface area contributed by atoms with E-state index in [9.17, 15) is 14.4 Å². The van der Waals surface area contributed by atoms with Crippen molar-refractivity contribution in [1.82, 2.24) is 9.80 Å². The number of nitrogens with zero attached hydrogens (tertiary/aromatic N) is 3. The molecule has 0 saturated carbocycles. The maximum Gasteiger partial charge on any atom is 0.409 e. The number of anilines is 1. The van der Waals surface area contributed by atoms with Crippen molar-refractivity contribution in [1.29, 1.82) is 0 Å². The minimum atomic E-state index is -0.480. The maximum absolute atomic E-state index is 13.0. The van der Waals surface area contributed by atoms with Gasteiger partial charge in [-0.05, 0) is 37.6 Å². The minimum absolute atomic E-state index is 0.161. The molecule has 1 aromatic rings. The summed E-state index contributed by atoms with van der Waals surface area (Å²) in [5.41, 5.74) is 0.570. The first-order chi connectivity index (χ1) is 15.0. The molecular formula is C23H33N3O5. The van der Waals surface area contributed by atoms with Crippen LogP contribution in [-0.4, -0.2) is 73.1 Å². The fourth-order valence-electron chi connectivity index (χ4n) is 4.01. The molecule has 170 valence electrons. The van der Waals surface area contributed by atoms with Gasteiger partial charge in [0.2, 0.25) is 5.91 Å². The van der Waals surface area contributed by atoms with E-state index in [0.29, 0.717) is 45.1 Å². The Balaban J connectivity index is 1.54. The smallest absolute Gasteiger partial charge is 0.409 e. The van der Waals surface area contributed by atoms with Crippen LogP contribution in [0.1, 0.15) is 46.0 Å². The molecule has 3 rings (SSSR count). The predicted molar refractivity (Wildman–Crippen MR) is 117 cm³/mol. The van der Waals surface area contributed by atoms with E-state index in [1.54, 1.807) is 36.1 Å². The molecule has 0 N–H and O–H groups in total. The van der Waals surface area contributed by atoms with Crippen molar-refractivity contribution in [3.63, 3.8) is 0 Å². The van der Waals surface area contributed by atoms with E-state index >= 15 is 0 Å². The zero-order valence-corrected chi connectivity index (χ0v) is 18.5. The first kappa shape index (κ1) is 23.1. The van der Waals surface area contributed by atoms with E-state index < -0.39 is 6.04 Å². The summed E-state index contributed by atoms with van der Waals surface area (Å²) in [5.74, 6) is 0.338. The Labute approximate surface area is 184 Å². The zero-order valence-electron chi connectivity index (χ0n) is 18.5. The van der Waals surface area contributed by atoms with Gasteiger partial charge in [-0.3, -0.25) is 14.5 Å². The van der Waals surface area contributed by atoms with Gasteiger partial charge in [-0.2, -0.15) is 0 Å². The number of hydrogen-bond donors (Lipinski definition) is 0. The summed E-state index contributed by atoms with van der Waals surface area (Å²) in [6.07, 6.45) is 4.40. The number of carbonyl (C=O) groups excluding carboxylic acids is 3. The molecule has 1 aromatic carbocycles. The first-order valence-corrected chi connectivity index (χ1v) is 11.3. The fraction of sp³-hybridized carbons (Fsp3) is 0.609. The Kier molecular flexibility index (Phi) is 8.28. The lowest BCUT2D eigenvalue weighted by Crippen LogP contribution is -2.54. The van der Waals surface area contributed by atoms with Crippen LogP contribution in [0.25, 0.3) is 0 Å². The van der Waals surface area contributed by atoms with Crippen LogP contribution in [-0.2, 0) is 14.3 Å². The fourth-order valence-corrected chi connectivity index (χ4v) is 4.01. The van der Waals surface area contributed by atoms with Gasteiger partial charge in [0.05, 0.1) is 31.4 Å². The molecule has 2 saturated heterocycles. The van der Waals surface area contributed by atoms with E-state index in [4.69, 9.17) is 9.47 Å². The number of benzene rings is 1. The van der Waals surface area contributed by atoms with Gasteiger partial charge in [-0.1, -0.05) is 26.2 Å². The van der Waals surface area contributed by atoms with Crippen LogP contribution in [0.2, 0.25) is 0 Å². The van der Waals surface area contributed by atoms with Gasteiger partial charge >= 0.3 is 6.09 Å². The number of piperazine rings is 1. The van der Waals surface area contributed by atoms with Crippen LogP contribution in [0.3, 0.4) is 0 Å². The Hall–Kier alpha value is -2.61. The lowest BCUT2D eigenvalue weighted by atomic mass is 10.2. The van der Waals surface area contributed by atoms with Crippen LogP contribution < -0.4 is 9.64 Å². The first-order valence-electron chi connectivity index (χ1n) is 11.3. The van der Waals surface area contributed by atoms with Crippen LogP contribution in [0, 0.1) is 0 Å². The molecule has 3 amide bonds. The highest BCUT2D eigenvalue weighted by Gasteiger charge is 2.43. The van der Waals surface area contributed by atoms with E-state index in [0.717, 1.165) is 18.6 Å². The summed E-state index contributed by atoms with van der Waals surface area (Å²) in [4.78, 5) is 42.4. The maximum atomic E-state index is 13.0. The number of amides is 3. The number of rotatable bonds is 9. The predicted octanol–water partition coefficient (Wildman–Crippen LogP) is 3.05. The summed E-state index contributed by atoms with van der Waals surface area (Å²) in [7, 11) is 0. The Morgan fingerprint density at radius 2 is 1.71 bits per heavy atom. The van der Waals surface area contributed by atoms with Gasteiger partial charge in [0.1, 0.15) is 5.75 Å². The third-order valence-corrected chi connectivity index (χ3v) is 5.77. The van der Waals surface area contributed by atoms with Crippen LogP contribution in [0.4, 0.5) is 10.5 Å². The number of imide groups is 1. The molecule has 0 radical (unpaired) electrons. The summed E-state index contributed by atoms with van der Waals surface area (Å²) in [5, 5.41) is 0. The van der Waals surface area contributed by atoms with E-state index in [-0.39, 0.29) is 24.3 Å². The number of hydrogen-bond acceptors (Lipinski definition) is 6. The Morgan fingerprint density at radius 1 is 1.00 bits per heavy atom. The minimum Gasteiger partial charge on any atom is -0.494 e. The molecule has 2 fully saturated rings. The van der Waals surface area contributed by atoms with Crippen molar-refractivity contribution in [2.75, 3.05) is 44.3 Å². The number of ether oxygens (including phenoxy) is 2. The highest BCUT2D eigenvalue weighted by Crippen LogP contribution is 2.28. The summed E-state index contributed by atoms with van der Waals surface area (Å²) >= 11 is 0. The summed E-state index contributed by atoms with van der Waals surface area (Å²) in [6.45, 7) is 7.02. The summed E-state index contributed by atoms with van der Waals surface area (Å²) < 4.78 is 10.8. The molecule has 8 heteroatoms. The quantitative estimate of drug-likeness (QED) is 0.442. The second-order valence-electron chi connectivity index (χ2n) is 7.91. The molecule has 0 spiro atoms. The number of unbranched alkanes of at least 4 members (excludes halogenated alkanes) is 3. The monoisotopic (exact) mass is 431 g/mol. The van der Waals surface area contributed by atoms with Crippen LogP contribution in [0.15, 0.2) is 24.3 Å². The molecule has 2 heterocycles. The van der Waals surface area contributed by atoms with Crippen molar-refractivity contribution < 1.29 is 23.9 Å². The highest BCUT2D eigenvalue weighted by molar-refractivity contribution is 6.22. The van der Waals surface area contributed by atoms with Gasteiger partial charge < -0.3 is 14.4 Å². The van der Waals surface area contributed by atoms with Crippen molar-refractivity contribution in [2.45, 2.75) is 52.0 Å². The topological polar surface area (TPSA) is 79.4 Å². The third-order valence-electron chi connectivity index (χ3n) is 5.77. The largest absolute Gasteiger partial charge is 0.494 e. The molecule has 0 aliphatic carbocycles. The summed E-state index contributed by atoms with van der Waals surface area (Å²) in [6, 6.07) is 6.66. The molecule has 2 aliphatic rings. The van der Waals surface area contributed by atoms with Gasteiger partial charge in [-0.15, -0.1) is 0 Å². The lowest BCUT2D eigenvalue weighted by Gasteiger charge is -2.36. The average Bonchev–Trinajstić information content (AvgIpc) is 3.08. The molecule has 0 unspecified atom stereocenters. The second-order valence-corrected chi connectivity index (χ2v) is 7.91. The Morgan fingerprint density at radius 3 is 2.35 bits per heavy atom. The van der Waals surface area contributed by atoms with Gasteiger partial charge in [0, 0.05) is 26.2 Å². The molecule has 0 bridgehead atoms. The Bertz CT molecular complexity index is 759. The second kappa shape index (κ2) is 11.1. The van der Waals surface area contributed by atoms with Gasteiger partial charge in [0.15, 0.2) is 0 Å². The zero-order chi connectivity index (χ0) is 22.2. The van der Waals surface area contributed by atoms with Crippen molar-refractivity contribution >= 4 is 23.6 Å². The molecule has 1 atom stereocenters. The van der Waals surface area contributed by atoms with E-state index in [2.05, 4.69) is 6.92 Å². The SMILES string of the molecule is CCCCCCOc1ccc(N2C(=O)C[C@@H](N3CCN(C(=O)OCC)CC3)C2=O)cc1. The lowest BCUT2D eigenvalue weighted by molar-refractivity contribution is -0.123. The standard InChI is InChI=1S/C23H33N3O5/c1-3-5-6-7-16-31-19-10-8-18(9-11-19)26-21(27)17-20(22(26)28)24-12-14-25(15-13-24)23(29)30-4-2/h8-11,20H,3-7,12-17H2,1-2H3/t20-/m1/s1. The van der Waals surface area contributed by atoms with Gasteiger partial charge in [-0.25, -0.2) is 9.69 Å². The average molecular weight is 432 g/mol. The molecule has 0 aromatic heterocycles. The van der Waals surface area contributed by atoms with Gasteiger partial charge in [0.25, 0.3) is 5.91 Å². The van der Waals surface area contributed by atoms with Crippen LogP contribution in [0.5, 0.6) is 5.75 Å². The molecular weight excluding hydrogens is 398 g/mol. The van der Waals surface area contributed by atoms with E-state index in [1.807, 2.05) is 4.90 Å². The van der Waals surface area contributed by atoms with Crippen molar-refractivity contribution in [2.24, 2.45) is 0 Å². The molecule has 8 nitrogen and oxygen atoms in total. The number of carbonyl (C=O) groups is 3. The van der Waals surface area contributed by atoms with Crippen molar-refractivity contribution in [3.05, 3.63) is 24.3 Å². The van der Waals surface area contributed by atoms with E-state index in [1.165, 1.54) is 17.7 Å². The molecule has 31 heavy (non-hydrogen) atoms.